The molecule has 1 heterocycles. The predicted molar refractivity (Wildman–Crippen MR) is 77.0 cm³/mol. The van der Waals surface area contributed by atoms with Crippen LogP contribution >= 0.6 is 0 Å². The molecule has 5 N–H and O–H groups in total. The van der Waals surface area contributed by atoms with E-state index >= 15 is 0 Å². The maximum absolute atomic E-state index is 5.73. The smallest absolute Gasteiger partial charge is 0.243 e. The highest BCUT2D eigenvalue weighted by Gasteiger charge is 2.11. The van der Waals surface area contributed by atoms with Gasteiger partial charge >= 0.3 is 0 Å². The van der Waals surface area contributed by atoms with Crippen molar-refractivity contribution >= 4 is 11.9 Å². The van der Waals surface area contributed by atoms with Crippen molar-refractivity contribution in [2.75, 3.05) is 18.1 Å². The van der Waals surface area contributed by atoms with Crippen LogP contribution in [0.5, 0.6) is 0 Å². The fourth-order valence-corrected chi connectivity index (χ4v) is 1.19. The van der Waals surface area contributed by atoms with E-state index in [0.717, 1.165) is 0 Å². The molecule has 0 amide bonds. The van der Waals surface area contributed by atoms with Gasteiger partial charge in [0.2, 0.25) is 11.9 Å². The molecule has 100 valence electrons. The summed E-state index contributed by atoms with van der Waals surface area (Å²) in [6, 6.07) is -0.169. The molecule has 0 bridgehead atoms. The molecule has 6 heteroatoms. The number of aromatic nitrogens is 3. The van der Waals surface area contributed by atoms with E-state index in [2.05, 4.69) is 22.0 Å². The van der Waals surface area contributed by atoms with E-state index in [-0.39, 0.29) is 6.04 Å². The largest absolute Gasteiger partial charge is 0.405 e. The molecule has 0 aliphatic carbocycles. The number of nitrogen functional groups attached to an aromatic ring is 1. The number of nitrogens with two attached hydrogens (primary N) is 2. The molecule has 0 fully saturated rings. The van der Waals surface area contributed by atoms with Crippen molar-refractivity contribution in [3.05, 3.63) is 37.1 Å². The second kappa shape index (κ2) is 8.86. The highest BCUT2D eigenvalue weighted by atomic mass is 15.4. The van der Waals surface area contributed by atoms with Crippen molar-refractivity contribution in [3.8, 4) is 0 Å². The molecular formula is C12H22N6. The monoisotopic (exact) mass is 250 g/mol. The van der Waals surface area contributed by atoms with Crippen molar-refractivity contribution in [1.82, 2.24) is 14.8 Å². The Morgan fingerprint density at radius 3 is 2.50 bits per heavy atom. The summed E-state index contributed by atoms with van der Waals surface area (Å²) in [5, 5.41) is 7.00. The van der Waals surface area contributed by atoms with Crippen molar-refractivity contribution in [2.24, 2.45) is 5.73 Å². The lowest BCUT2D eigenvalue weighted by Gasteiger charge is -2.08. The summed E-state index contributed by atoms with van der Waals surface area (Å²) in [5.74, 6) is 0.793. The summed E-state index contributed by atoms with van der Waals surface area (Å²) >= 11 is 0. The lowest BCUT2D eigenvalue weighted by molar-refractivity contribution is 0.637. The lowest BCUT2D eigenvalue weighted by atomic mass is 10.2. The Labute approximate surface area is 108 Å². The number of hydrogen-bond donors (Lipinski definition) is 3. The highest BCUT2D eigenvalue weighted by Crippen LogP contribution is 2.15. The molecule has 1 aromatic rings. The van der Waals surface area contributed by atoms with E-state index in [1.807, 2.05) is 19.9 Å². The lowest BCUT2D eigenvalue weighted by Crippen LogP contribution is -2.10. The maximum atomic E-state index is 5.73. The first-order valence-corrected chi connectivity index (χ1v) is 5.80. The third kappa shape index (κ3) is 4.32. The molecule has 0 radical (unpaired) electrons. The van der Waals surface area contributed by atoms with Crippen molar-refractivity contribution in [3.63, 3.8) is 0 Å². The number of nitrogens with one attached hydrogen (secondary N) is 1. The van der Waals surface area contributed by atoms with Gasteiger partial charge in [-0.15, -0.1) is 5.10 Å². The minimum absolute atomic E-state index is 0.169. The normalized spacial score (nSPS) is 12.2. The van der Waals surface area contributed by atoms with E-state index in [1.54, 1.807) is 30.0 Å². The molecule has 0 aromatic carbocycles. The fourth-order valence-electron chi connectivity index (χ4n) is 1.19. The summed E-state index contributed by atoms with van der Waals surface area (Å²) in [5.41, 5.74) is 11.1. The fraction of sp³-hybridized carbons (Fsp3) is 0.333. The van der Waals surface area contributed by atoms with E-state index < -0.39 is 0 Å². The second-order valence-electron chi connectivity index (χ2n) is 2.98. The summed E-state index contributed by atoms with van der Waals surface area (Å²) < 4.78 is 1.56. The van der Waals surface area contributed by atoms with Gasteiger partial charge in [-0.3, -0.25) is 0 Å². The number of allylic oxidation sites excluding steroid dienone is 4. The van der Waals surface area contributed by atoms with Gasteiger partial charge in [0, 0.05) is 7.05 Å². The van der Waals surface area contributed by atoms with E-state index in [9.17, 15) is 0 Å². The van der Waals surface area contributed by atoms with Gasteiger partial charge in [-0.05, 0) is 12.3 Å². The highest BCUT2D eigenvalue weighted by molar-refractivity contribution is 5.32. The van der Waals surface area contributed by atoms with Gasteiger partial charge in [0.25, 0.3) is 0 Å². The molecule has 1 unspecified atom stereocenters. The summed E-state index contributed by atoms with van der Waals surface area (Å²) in [6.45, 7) is 7.60. The molecule has 1 aromatic heterocycles. The third-order valence-corrected chi connectivity index (χ3v) is 1.92. The van der Waals surface area contributed by atoms with Gasteiger partial charge in [0.15, 0.2) is 0 Å². The number of hydrogen-bond acceptors (Lipinski definition) is 5. The molecule has 6 nitrogen and oxygen atoms in total. The topological polar surface area (TPSA) is 94.8 Å². The molecule has 0 aliphatic rings. The van der Waals surface area contributed by atoms with E-state index in [4.69, 9.17) is 11.5 Å². The first-order chi connectivity index (χ1) is 8.72. The molecule has 0 spiro atoms. The zero-order valence-electron chi connectivity index (χ0n) is 11.2. The Kier molecular flexibility index (Phi) is 7.76. The van der Waals surface area contributed by atoms with Gasteiger partial charge in [-0.25, -0.2) is 4.68 Å². The van der Waals surface area contributed by atoms with Crippen LogP contribution in [0.4, 0.5) is 11.9 Å². The summed E-state index contributed by atoms with van der Waals surface area (Å²) in [7, 11) is 1.73. The first-order valence-electron chi connectivity index (χ1n) is 5.80. The molecule has 0 saturated heterocycles. The molecular weight excluding hydrogens is 228 g/mol. The Morgan fingerprint density at radius 2 is 2.06 bits per heavy atom. The average Bonchev–Trinajstić information content (AvgIpc) is 2.78. The zero-order valence-corrected chi connectivity index (χ0v) is 11.2. The quantitative estimate of drug-likeness (QED) is 0.691. The predicted octanol–water partition coefficient (Wildman–Crippen LogP) is 1.68. The summed E-state index contributed by atoms with van der Waals surface area (Å²) in [4.78, 5) is 4.02. The van der Waals surface area contributed by atoms with Crippen LogP contribution in [0.1, 0.15) is 19.9 Å². The van der Waals surface area contributed by atoms with Crippen molar-refractivity contribution < 1.29 is 0 Å². The Bertz CT molecular complexity index is 405. The zero-order chi connectivity index (χ0) is 14.0. The molecule has 1 rings (SSSR count). The van der Waals surface area contributed by atoms with Gasteiger partial charge in [-0.1, -0.05) is 38.7 Å². The van der Waals surface area contributed by atoms with Gasteiger partial charge in [-0.2, -0.15) is 4.98 Å². The minimum atomic E-state index is -0.169. The molecule has 0 saturated carbocycles. The minimum Gasteiger partial charge on any atom is -0.405 e. The standard InChI is InChI=1S/C10H16N6.C2H6/c1-3-4-5-8(6-7-11)16-9(12)14-10(13-2)15-16;1-2/h3-8H,1,11H2,2H3,(H3,12,13,14,15);1-2H3/b5-4?,7-6-;. The SMILES string of the molecule is C=CC=CC(/C=C\N)n1nc(NC)nc1N.CC. The van der Waals surface area contributed by atoms with Crippen LogP contribution in [0.15, 0.2) is 37.1 Å². The van der Waals surface area contributed by atoms with Crippen molar-refractivity contribution in [1.29, 1.82) is 0 Å². The number of rotatable bonds is 5. The molecule has 0 aliphatic heterocycles. The van der Waals surface area contributed by atoms with Gasteiger partial charge < -0.3 is 16.8 Å². The van der Waals surface area contributed by atoms with Crippen LogP contribution in [0.3, 0.4) is 0 Å². The number of anilines is 2. The Balaban J connectivity index is 0.00000137. The van der Waals surface area contributed by atoms with Crippen LogP contribution in [0.2, 0.25) is 0 Å². The van der Waals surface area contributed by atoms with Crippen molar-refractivity contribution in [2.45, 2.75) is 19.9 Å². The third-order valence-electron chi connectivity index (χ3n) is 1.92. The second-order valence-corrected chi connectivity index (χ2v) is 2.98. The van der Waals surface area contributed by atoms with Crippen LogP contribution in [-0.2, 0) is 0 Å². The van der Waals surface area contributed by atoms with Gasteiger partial charge in [0.05, 0.1) is 6.04 Å². The van der Waals surface area contributed by atoms with Crippen LogP contribution in [0, 0.1) is 0 Å². The van der Waals surface area contributed by atoms with Gasteiger partial charge in [0.1, 0.15) is 0 Å². The first kappa shape index (κ1) is 15.8. The van der Waals surface area contributed by atoms with Crippen LogP contribution < -0.4 is 16.8 Å². The number of nitrogens with zero attached hydrogens (tertiary/aromatic N) is 3. The average molecular weight is 250 g/mol. The van der Waals surface area contributed by atoms with Crippen LogP contribution in [-0.4, -0.2) is 21.8 Å². The Morgan fingerprint density at radius 1 is 1.39 bits per heavy atom. The van der Waals surface area contributed by atoms with E-state index in [1.165, 1.54) is 6.20 Å². The van der Waals surface area contributed by atoms with Crippen LogP contribution in [0.25, 0.3) is 0 Å². The Hall–Kier alpha value is -2.24. The summed E-state index contributed by atoms with van der Waals surface area (Å²) in [6.07, 6.45) is 8.53. The maximum Gasteiger partial charge on any atom is 0.243 e. The molecule has 1 atom stereocenters. The van der Waals surface area contributed by atoms with E-state index in [0.29, 0.717) is 11.9 Å². The molecule has 18 heavy (non-hydrogen) atoms.